The highest BCUT2D eigenvalue weighted by Crippen LogP contribution is 2.39. The van der Waals surface area contributed by atoms with E-state index in [0.717, 1.165) is 16.7 Å². The van der Waals surface area contributed by atoms with Crippen LogP contribution in [0.4, 0.5) is 4.39 Å². The Kier molecular flexibility index (Phi) is 4.71. The van der Waals surface area contributed by atoms with Gasteiger partial charge in [0.1, 0.15) is 0 Å². The van der Waals surface area contributed by atoms with Gasteiger partial charge in [0.15, 0.2) is 0 Å². The summed E-state index contributed by atoms with van der Waals surface area (Å²) in [6.45, 7) is 2.20. The van der Waals surface area contributed by atoms with Crippen LogP contribution in [0.1, 0.15) is 31.8 Å². The Morgan fingerprint density at radius 1 is 1.10 bits per heavy atom. The van der Waals surface area contributed by atoms with Gasteiger partial charge in [-0.25, -0.2) is 9.97 Å². The molecule has 7 nitrogen and oxygen atoms in total. The van der Waals surface area contributed by atoms with Crippen LogP contribution in [0.15, 0.2) is 42.6 Å². The number of halogens is 1. The molecule has 1 aliphatic heterocycles. The van der Waals surface area contributed by atoms with Gasteiger partial charge in [-0.3, -0.25) is 9.59 Å². The molecule has 2 N–H and O–H groups in total. The Labute approximate surface area is 177 Å². The zero-order chi connectivity index (χ0) is 21.5. The standard InChI is InChI=1S/C23H19FN4O3/c24-20-11-13(3-4-26-20)19-12-18(22(25)29)17-10-15-9-14(1-2-16(15)21(17)27-19)23(30)28-5-7-31-8-6-28/h1-4,9,11-12H,5-8,10H2,(H2,25,29). The fourth-order valence-electron chi connectivity index (χ4n) is 4.15. The Morgan fingerprint density at radius 3 is 2.65 bits per heavy atom. The van der Waals surface area contributed by atoms with E-state index in [1.807, 2.05) is 12.1 Å². The average molecular weight is 418 g/mol. The van der Waals surface area contributed by atoms with Crippen molar-refractivity contribution in [3.05, 3.63) is 70.8 Å². The van der Waals surface area contributed by atoms with Crippen molar-refractivity contribution in [2.75, 3.05) is 26.3 Å². The number of rotatable bonds is 3. The van der Waals surface area contributed by atoms with Crippen LogP contribution in [0.25, 0.3) is 22.5 Å². The Morgan fingerprint density at radius 2 is 1.90 bits per heavy atom. The van der Waals surface area contributed by atoms with Gasteiger partial charge in [0, 0.05) is 54.0 Å². The third-order valence-corrected chi connectivity index (χ3v) is 5.68. The lowest BCUT2D eigenvalue weighted by Gasteiger charge is -2.27. The Bertz CT molecular complexity index is 1220. The summed E-state index contributed by atoms with van der Waals surface area (Å²) in [6, 6.07) is 9.95. The summed E-state index contributed by atoms with van der Waals surface area (Å²) >= 11 is 0. The van der Waals surface area contributed by atoms with E-state index in [1.54, 1.807) is 23.1 Å². The fraction of sp³-hybridized carbons (Fsp3) is 0.217. The second-order valence-electron chi connectivity index (χ2n) is 7.57. The van der Waals surface area contributed by atoms with E-state index in [1.165, 1.54) is 12.3 Å². The minimum absolute atomic E-state index is 0.0434. The number of ether oxygens (including phenoxy) is 1. The predicted molar refractivity (Wildman–Crippen MR) is 111 cm³/mol. The van der Waals surface area contributed by atoms with E-state index < -0.39 is 11.9 Å². The molecule has 0 spiro atoms. The number of amides is 2. The molecule has 0 saturated carbocycles. The van der Waals surface area contributed by atoms with Gasteiger partial charge in [-0.15, -0.1) is 0 Å². The molecular weight excluding hydrogens is 399 g/mol. The molecule has 156 valence electrons. The summed E-state index contributed by atoms with van der Waals surface area (Å²) in [7, 11) is 0. The zero-order valence-corrected chi connectivity index (χ0v) is 16.6. The van der Waals surface area contributed by atoms with E-state index in [4.69, 9.17) is 15.5 Å². The monoisotopic (exact) mass is 418 g/mol. The Hall–Kier alpha value is -3.65. The van der Waals surface area contributed by atoms with Crippen LogP contribution < -0.4 is 5.73 Å². The first kappa shape index (κ1) is 19.3. The highest BCUT2D eigenvalue weighted by Gasteiger charge is 2.28. The number of primary amides is 1. The molecule has 0 unspecified atom stereocenters. The molecule has 31 heavy (non-hydrogen) atoms. The van der Waals surface area contributed by atoms with E-state index in [2.05, 4.69) is 4.98 Å². The fourth-order valence-corrected chi connectivity index (χ4v) is 4.15. The van der Waals surface area contributed by atoms with Crippen molar-refractivity contribution in [1.82, 2.24) is 14.9 Å². The minimum atomic E-state index is -0.632. The third-order valence-electron chi connectivity index (χ3n) is 5.68. The average Bonchev–Trinajstić information content (AvgIpc) is 3.16. The van der Waals surface area contributed by atoms with E-state index in [-0.39, 0.29) is 5.91 Å². The molecule has 5 rings (SSSR count). The largest absolute Gasteiger partial charge is 0.378 e. The van der Waals surface area contributed by atoms with Crippen molar-refractivity contribution in [3.63, 3.8) is 0 Å². The molecule has 0 radical (unpaired) electrons. The quantitative estimate of drug-likeness (QED) is 0.515. The molecule has 1 saturated heterocycles. The molecule has 2 aromatic heterocycles. The molecule has 0 atom stereocenters. The van der Waals surface area contributed by atoms with Crippen LogP contribution in [0.2, 0.25) is 0 Å². The molecule has 3 heterocycles. The van der Waals surface area contributed by atoms with Crippen molar-refractivity contribution >= 4 is 11.8 Å². The summed E-state index contributed by atoms with van der Waals surface area (Å²) < 4.78 is 18.9. The van der Waals surface area contributed by atoms with Crippen molar-refractivity contribution in [2.45, 2.75) is 6.42 Å². The van der Waals surface area contributed by atoms with Gasteiger partial charge in [0.05, 0.1) is 24.6 Å². The normalized spacial score (nSPS) is 14.8. The molecule has 3 aromatic rings. The van der Waals surface area contributed by atoms with Gasteiger partial charge in [-0.2, -0.15) is 4.39 Å². The first-order chi connectivity index (χ1) is 15.0. The van der Waals surface area contributed by atoms with E-state index in [9.17, 15) is 14.0 Å². The van der Waals surface area contributed by atoms with E-state index in [0.29, 0.717) is 60.8 Å². The number of pyridine rings is 2. The first-order valence-corrected chi connectivity index (χ1v) is 9.97. The molecular formula is C23H19FN4O3. The summed E-state index contributed by atoms with van der Waals surface area (Å²) in [5.74, 6) is -1.25. The van der Waals surface area contributed by atoms with Crippen LogP contribution in [-0.2, 0) is 11.2 Å². The first-order valence-electron chi connectivity index (χ1n) is 9.97. The summed E-state index contributed by atoms with van der Waals surface area (Å²) in [4.78, 5) is 35.1. The molecule has 1 fully saturated rings. The lowest BCUT2D eigenvalue weighted by Crippen LogP contribution is -2.40. The number of aromatic nitrogens is 2. The second kappa shape index (κ2) is 7.55. The third kappa shape index (κ3) is 3.44. The molecule has 8 heteroatoms. The van der Waals surface area contributed by atoms with Crippen LogP contribution in [0, 0.1) is 5.95 Å². The number of carbonyl (C=O) groups excluding carboxylic acids is 2. The van der Waals surface area contributed by atoms with Crippen molar-refractivity contribution in [3.8, 4) is 22.5 Å². The number of benzene rings is 1. The molecule has 1 aliphatic carbocycles. The summed E-state index contributed by atoms with van der Waals surface area (Å²) in [6.07, 6.45) is 1.80. The predicted octanol–water partition coefficient (Wildman–Crippen LogP) is 2.43. The topological polar surface area (TPSA) is 98.4 Å². The number of fused-ring (bicyclic) bond motifs is 3. The van der Waals surface area contributed by atoms with E-state index >= 15 is 0 Å². The summed E-state index contributed by atoms with van der Waals surface area (Å²) in [5.41, 5.74) is 10.6. The number of hydrogen-bond donors (Lipinski definition) is 1. The van der Waals surface area contributed by atoms with Gasteiger partial charge in [-0.1, -0.05) is 6.07 Å². The van der Waals surface area contributed by atoms with Crippen molar-refractivity contribution in [2.24, 2.45) is 5.73 Å². The lowest BCUT2D eigenvalue weighted by atomic mass is 10.0. The SMILES string of the molecule is NC(=O)c1cc(-c2ccnc(F)c2)nc2c1Cc1cc(C(=O)N3CCOCC3)ccc1-2. The van der Waals surface area contributed by atoms with Crippen molar-refractivity contribution < 1.29 is 18.7 Å². The number of nitrogens with two attached hydrogens (primary N) is 1. The van der Waals surface area contributed by atoms with Gasteiger partial charge >= 0.3 is 0 Å². The minimum Gasteiger partial charge on any atom is -0.378 e. The maximum atomic E-state index is 13.6. The van der Waals surface area contributed by atoms with Gasteiger partial charge in [0.2, 0.25) is 11.9 Å². The lowest BCUT2D eigenvalue weighted by molar-refractivity contribution is 0.0303. The maximum Gasteiger partial charge on any atom is 0.254 e. The number of hydrogen-bond acceptors (Lipinski definition) is 5. The number of morpholine rings is 1. The maximum absolute atomic E-state index is 13.6. The summed E-state index contributed by atoms with van der Waals surface area (Å²) in [5, 5.41) is 0. The number of nitrogens with zero attached hydrogens (tertiary/aromatic N) is 3. The van der Waals surface area contributed by atoms with Gasteiger partial charge in [-0.05, 0) is 35.4 Å². The van der Waals surface area contributed by atoms with Crippen LogP contribution in [0.3, 0.4) is 0 Å². The van der Waals surface area contributed by atoms with Crippen LogP contribution in [0.5, 0.6) is 0 Å². The highest BCUT2D eigenvalue weighted by atomic mass is 19.1. The molecule has 1 aromatic carbocycles. The van der Waals surface area contributed by atoms with Crippen LogP contribution in [-0.4, -0.2) is 53.0 Å². The molecule has 2 amide bonds. The molecule has 2 aliphatic rings. The smallest absolute Gasteiger partial charge is 0.254 e. The second-order valence-corrected chi connectivity index (χ2v) is 7.57. The van der Waals surface area contributed by atoms with Crippen LogP contribution >= 0.6 is 0 Å². The van der Waals surface area contributed by atoms with Crippen molar-refractivity contribution in [1.29, 1.82) is 0 Å². The highest BCUT2D eigenvalue weighted by molar-refractivity contribution is 6.00. The zero-order valence-electron chi connectivity index (χ0n) is 16.6. The Balaban J connectivity index is 1.57. The number of carbonyl (C=O) groups is 2. The van der Waals surface area contributed by atoms with Gasteiger partial charge < -0.3 is 15.4 Å². The van der Waals surface area contributed by atoms with Gasteiger partial charge in [0.25, 0.3) is 5.91 Å². The molecule has 0 bridgehead atoms.